The molecule has 6 nitrogen and oxygen atoms in total. The molecule has 0 radical (unpaired) electrons. The minimum Gasteiger partial charge on any atom is -0.379 e. The Morgan fingerprint density at radius 1 is 1.20 bits per heavy atom. The topological polar surface area (TPSA) is 48.1 Å². The fourth-order valence-electron chi connectivity index (χ4n) is 4.37. The molecule has 1 amide bonds. The number of nitrogens with one attached hydrogen (secondary N) is 1. The summed E-state index contributed by atoms with van der Waals surface area (Å²) in [5.41, 5.74) is 3.53. The number of piperidine rings is 1. The third kappa shape index (κ3) is 6.40. The molecule has 7 heteroatoms. The standard InChI is InChI=1S/C23H36N4O2S/c1-18-5-6-22(19(2)17-18)24-23(30)27(10-4-9-25-13-15-29-16-14-25)21-7-11-26(12-8-21)20(3)28/h5-6,17,21H,4,7-16H2,1-3H3,(H,24,30). The molecule has 2 saturated heterocycles. The molecule has 0 bridgehead atoms. The number of anilines is 1. The highest BCUT2D eigenvalue weighted by atomic mass is 32.1. The summed E-state index contributed by atoms with van der Waals surface area (Å²) in [7, 11) is 0. The van der Waals surface area contributed by atoms with Gasteiger partial charge in [0.25, 0.3) is 0 Å². The van der Waals surface area contributed by atoms with E-state index in [4.69, 9.17) is 17.0 Å². The smallest absolute Gasteiger partial charge is 0.219 e. The normalized spacial score (nSPS) is 18.3. The maximum absolute atomic E-state index is 11.7. The van der Waals surface area contributed by atoms with E-state index in [2.05, 4.69) is 47.2 Å². The Hall–Kier alpha value is -1.70. The van der Waals surface area contributed by atoms with E-state index >= 15 is 0 Å². The van der Waals surface area contributed by atoms with Gasteiger partial charge in [-0.2, -0.15) is 0 Å². The van der Waals surface area contributed by atoms with Crippen LogP contribution in [0.25, 0.3) is 0 Å². The molecule has 0 atom stereocenters. The number of benzene rings is 1. The Kier molecular flexibility index (Phi) is 8.48. The van der Waals surface area contributed by atoms with Crippen molar-refractivity contribution in [1.82, 2.24) is 14.7 Å². The predicted molar refractivity (Wildman–Crippen MR) is 126 cm³/mol. The number of ether oxygens (including phenoxy) is 1. The predicted octanol–water partition coefficient (Wildman–Crippen LogP) is 3.04. The monoisotopic (exact) mass is 432 g/mol. The van der Waals surface area contributed by atoms with Crippen LogP contribution in [0.2, 0.25) is 0 Å². The number of amides is 1. The lowest BCUT2D eigenvalue weighted by Crippen LogP contribution is -2.50. The zero-order valence-corrected chi connectivity index (χ0v) is 19.5. The van der Waals surface area contributed by atoms with Crippen molar-refractivity contribution in [2.75, 3.05) is 57.8 Å². The van der Waals surface area contributed by atoms with E-state index in [1.807, 2.05) is 4.90 Å². The van der Waals surface area contributed by atoms with Gasteiger partial charge in [0.1, 0.15) is 0 Å². The SMILES string of the molecule is CC(=O)N1CCC(N(CCCN2CCOCC2)C(=S)Nc2ccc(C)cc2C)CC1. The minimum absolute atomic E-state index is 0.170. The van der Waals surface area contributed by atoms with Crippen LogP contribution in [0.5, 0.6) is 0 Å². The Bertz CT molecular complexity index is 728. The van der Waals surface area contributed by atoms with Crippen molar-refractivity contribution in [3.05, 3.63) is 29.3 Å². The molecule has 1 N–H and O–H groups in total. The van der Waals surface area contributed by atoms with Gasteiger partial charge in [0.15, 0.2) is 5.11 Å². The Balaban J connectivity index is 1.63. The maximum Gasteiger partial charge on any atom is 0.219 e. The van der Waals surface area contributed by atoms with Crippen LogP contribution in [0.1, 0.15) is 37.3 Å². The number of morpholine rings is 1. The fourth-order valence-corrected chi connectivity index (χ4v) is 4.72. The largest absolute Gasteiger partial charge is 0.379 e. The third-order valence-electron chi connectivity index (χ3n) is 6.21. The Morgan fingerprint density at radius 3 is 2.53 bits per heavy atom. The van der Waals surface area contributed by atoms with Gasteiger partial charge in [-0.1, -0.05) is 17.7 Å². The first-order valence-electron chi connectivity index (χ1n) is 11.1. The van der Waals surface area contributed by atoms with E-state index < -0.39 is 0 Å². The quantitative estimate of drug-likeness (QED) is 0.698. The van der Waals surface area contributed by atoms with Crippen molar-refractivity contribution >= 4 is 28.9 Å². The molecule has 1 aromatic rings. The highest BCUT2D eigenvalue weighted by Gasteiger charge is 2.27. The van der Waals surface area contributed by atoms with Gasteiger partial charge in [-0.05, 0) is 57.0 Å². The summed E-state index contributed by atoms with van der Waals surface area (Å²) >= 11 is 5.88. The summed E-state index contributed by atoms with van der Waals surface area (Å²) in [6.07, 6.45) is 3.00. The second-order valence-electron chi connectivity index (χ2n) is 8.49. The zero-order valence-electron chi connectivity index (χ0n) is 18.7. The molecule has 2 aliphatic heterocycles. The van der Waals surface area contributed by atoms with E-state index in [0.29, 0.717) is 6.04 Å². The molecule has 2 aliphatic rings. The number of nitrogens with zero attached hydrogens (tertiary/aromatic N) is 3. The van der Waals surface area contributed by atoms with Crippen molar-refractivity contribution in [1.29, 1.82) is 0 Å². The van der Waals surface area contributed by atoms with Crippen LogP contribution in [0.15, 0.2) is 18.2 Å². The summed E-state index contributed by atoms with van der Waals surface area (Å²) in [4.78, 5) is 18.5. The van der Waals surface area contributed by atoms with E-state index in [1.54, 1.807) is 6.92 Å². The minimum atomic E-state index is 0.170. The van der Waals surface area contributed by atoms with Gasteiger partial charge < -0.3 is 19.9 Å². The number of hydrogen-bond donors (Lipinski definition) is 1. The fraction of sp³-hybridized carbons (Fsp3) is 0.652. The average Bonchev–Trinajstić information content (AvgIpc) is 2.74. The molecule has 30 heavy (non-hydrogen) atoms. The lowest BCUT2D eigenvalue weighted by atomic mass is 10.0. The van der Waals surface area contributed by atoms with Gasteiger partial charge >= 0.3 is 0 Å². The first-order chi connectivity index (χ1) is 14.4. The summed E-state index contributed by atoms with van der Waals surface area (Å²) in [5.74, 6) is 0.170. The Labute approximate surface area is 186 Å². The first kappa shape index (κ1) is 23.0. The van der Waals surface area contributed by atoms with E-state index in [-0.39, 0.29) is 5.91 Å². The van der Waals surface area contributed by atoms with Gasteiger partial charge in [0.2, 0.25) is 5.91 Å². The molecule has 3 rings (SSSR count). The number of rotatable bonds is 6. The summed E-state index contributed by atoms with van der Waals surface area (Å²) in [6.45, 7) is 13.2. The maximum atomic E-state index is 11.7. The van der Waals surface area contributed by atoms with Gasteiger partial charge in [0.05, 0.1) is 13.2 Å². The second-order valence-corrected chi connectivity index (χ2v) is 8.87. The first-order valence-corrected chi connectivity index (χ1v) is 11.6. The van der Waals surface area contributed by atoms with Crippen LogP contribution in [0.4, 0.5) is 5.69 Å². The van der Waals surface area contributed by atoms with Crippen LogP contribution in [-0.2, 0) is 9.53 Å². The molecular weight excluding hydrogens is 396 g/mol. The van der Waals surface area contributed by atoms with Gasteiger partial charge in [-0.15, -0.1) is 0 Å². The molecule has 2 heterocycles. The lowest BCUT2D eigenvalue weighted by Gasteiger charge is -2.40. The number of aryl methyl sites for hydroxylation is 2. The molecule has 0 unspecified atom stereocenters. The Morgan fingerprint density at radius 2 is 1.90 bits per heavy atom. The van der Waals surface area contributed by atoms with Crippen molar-refractivity contribution in [2.24, 2.45) is 0 Å². The molecular formula is C23H36N4O2S. The zero-order chi connectivity index (χ0) is 21.5. The van der Waals surface area contributed by atoms with Crippen molar-refractivity contribution in [3.63, 3.8) is 0 Å². The molecule has 0 saturated carbocycles. The molecule has 166 valence electrons. The summed E-state index contributed by atoms with van der Waals surface area (Å²) in [5, 5.41) is 4.30. The van der Waals surface area contributed by atoms with Crippen LogP contribution >= 0.6 is 12.2 Å². The van der Waals surface area contributed by atoms with Crippen LogP contribution in [0, 0.1) is 13.8 Å². The van der Waals surface area contributed by atoms with Crippen molar-refractivity contribution in [2.45, 2.75) is 46.1 Å². The molecule has 0 aromatic heterocycles. The van der Waals surface area contributed by atoms with Gasteiger partial charge in [-0.3, -0.25) is 9.69 Å². The second kappa shape index (κ2) is 11.1. The lowest BCUT2D eigenvalue weighted by molar-refractivity contribution is -0.130. The van der Waals surface area contributed by atoms with E-state index in [9.17, 15) is 4.79 Å². The number of likely N-dealkylation sites (tertiary alicyclic amines) is 1. The van der Waals surface area contributed by atoms with Crippen LogP contribution < -0.4 is 5.32 Å². The van der Waals surface area contributed by atoms with Crippen molar-refractivity contribution in [3.8, 4) is 0 Å². The van der Waals surface area contributed by atoms with E-state index in [0.717, 1.165) is 82.5 Å². The number of hydrogen-bond acceptors (Lipinski definition) is 4. The molecule has 2 fully saturated rings. The van der Waals surface area contributed by atoms with E-state index in [1.165, 1.54) is 11.1 Å². The number of thiocarbonyl (C=S) groups is 1. The number of carbonyl (C=O) groups excluding carboxylic acids is 1. The molecule has 0 aliphatic carbocycles. The van der Waals surface area contributed by atoms with Crippen LogP contribution in [0.3, 0.4) is 0 Å². The third-order valence-corrected chi connectivity index (χ3v) is 6.55. The summed E-state index contributed by atoms with van der Waals surface area (Å²) < 4.78 is 5.46. The average molecular weight is 433 g/mol. The summed E-state index contributed by atoms with van der Waals surface area (Å²) in [6, 6.07) is 6.78. The molecule has 1 aromatic carbocycles. The highest BCUT2D eigenvalue weighted by molar-refractivity contribution is 7.80. The number of carbonyl (C=O) groups is 1. The highest BCUT2D eigenvalue weighted by Crippen LogP contribution is 2.21. The van der Waals surface area contributed by atoms with Gasteiger partial charge in [0, 0.05) is 57.9 Å². The molecule has 0 spiro atoms. The van der Waals surface area contributed by atoms with Crippen LogP contribution in [-0.4, -0.2) is 84.2 Å². The van der Waals surface area contributed by atoms with Gasteiger partial charge in [-0.25, -0.2) is 0 Å². The van der Waals surface area contributed by atoms with Crippen molar-refractivity contribution < 1.29 is 9.53 Å².